The van der Waals surface area contributed by atoms with E-state index in [0.717, 1.165) is 55.6 Å². The number of anilines is 2. The molecule has 0 amide bonds. The molecule has 4 aromatic rings. The van der Waals surface area contributed by atoms with Crippen molar-refractivity contribution in [2.24, 2.45) is 5.41 Å². The van der Waals surface area contributed by atoms with Gasteiger partial charge in [-0.05, 0) is 69.6 Å². The van der Waals surface area contributed by atoms with Gasteiger partial charge in [0.05, 0.1) is 25.4 Å². The first-order valence-corrected chi connectivity index (χ1v) is 15.1. The highest BCUT2D eigenvalue weighted by atomic mass is 16.5. The first-order chi connectivity index (χ1) is 20.0. The van der Waals surface area contributed by atoms with Crippen LogP contribution in [-0.4, -0.2) is 63.8 Å². The van der Waals surface area contributed by atoms with Crippen molar-refractivity contribution < 1.29 is 4.74 Å². The van der Waals surface area contributed by atoms with E-state index in [-0.39, 0.29) is 5.41 Å². The van der Waals surface area contributed by atoms with Crippen LogP contribution in [0.5, 0.6) is 6.01 Å². The minimum Gasteiger partial charge on any atom is -0.463 e. The van der Waals surface area contributed by atoms with Crippen LogP contribution in [0.15, 0.2) is 36.4 Å². The molecule has 0 radical (unpaired) electrons. The number of fused-ring (bicyclic) bond motifs is 2. The fraction of sp³-hybridized carbons (Fsp3) is 0.500. The van der Waals surface area contributed by atoms with Gasteiger partial charge in [0, 0.05) is 41.1 Å². The molecule has 2 saturated carbocycles. The summed E-state index contributed by atoms with van der Waals surface area (Å²) in [6.07, 6.45) is 6.61. The van der Waals surface area contributed by atoms with Crippen LogP contribution in [0.4, 0.5) is 11.5 Å². The van der Waals surface area contributed by atoms with Crippen LogP contribution in [0.2, 0.25) is 0 Å². The Kier molecular flexibility index (Phi) is 6.77. The van der Waals surface area contributed by atoms with Crippen molar-refractivity contribution in [3.8, 4) is 6.01 Å². The third-order valence-electron chi connectivity index (χ3n) is 8.77. The summed E-state index contributed by atoms with van der Waals surface area (Å²) < 4.78 is 6.34. The van der Waals surface area contributed by atoms with E-state index in [1.807, 2.05) is 0 Å². The van der Waals surface area contributed by atoms with E-state index in [1.54, 1.807) is 0 Å². The molecule has 2 aromatic heterocycles. The molecule has 3 heterocycles. The first kappa shape index (κ1) is 26.2. The highest BCUT2D eigenvalue weighted by Gasteiger charge is 2.44. The van der Waals surface area contributed by atoms with Crippen LogP contribution in [0, 0.1) is 5.41 Å². The zero-order valence-corrected chi connectivity index (χ0v) is 24.4. The number of aromatic nitrogens is 5. The zero-order valence-electron chi connectivity index (χ0n) is 24.4. The summed E-state index contributed by atoms with van der Waals surface area (Å²) in [6.45, 7) is 6.06. The Morgan fingerprint density at radius 2 is 1.93 bits per heavy atom. The summed E-state index contributed by atoms with van der Waals surface area (Å²) >= 11 is 0. The maximum absolute atomic E-state index is 6.34. The van der Waals surface area contributed by atoms with Gasteiger partial charge in [0.25, 0.3) is 0 Å². The fourth-order valence-electron chi connectivity index (χ4n) is 6.27. The molecule has 3 aliphatic rings. The van der Waals surface area contributed by atoms with Crippen molar-refractivity contribution in [2.45, 2.75) is 64.5 Å². The molecule has 9 heteroatoms. The smallest absolute Gasteiger partial charge is 0.318 e. The number of aromatic amines is 1. The molecule has 1 aliphatic heterocycles. The Balaban J connectivity index is 1.18. The Hall–Kier alpha value is -3.72. The lowest BCUT2D eigenvalue weighted by molar-refractivity contribution is 0.182. The van der Waals surface area contributed by atoms with E-state index >= 15 is 0 Å². The van der Waals surface area contributed by atoms with E-state index in [9.17, 15) is 0 Å². The largest absolute Gasteiger partial charge is 0.463 e. The van der Waals surface area contributed by atoms with E-state index in [2.05, 4.69) is 82.7 Å². The third kappa shape index (κ3) is 5.47. The lowest BCUT2D eigenvalue weighted by atomic mass is 9.98. The highest BCUT2D eigenvalue weighted by Crippen LogP contribution is 2.46. The van der Waals surface area contributed by atoms with Gasteiger partial charge in [-0.1, -0.05) is 37.3 Å². The third-order valence-corrected chi connectivity index (χ3v) is 8.77. The topological polar surface area (TPSA) is 95.1 Å². The first-order valence-electron chi connectivity index (χ1n) is 15.1. The number of nitrogens with one attached hydrogen (secondary N) is 2. The normalized spacial score (nSPS) is 17.6. The number of aryl methyl sites for hydroxylation is 1. The maximum Gasteiger partial charge on any atom is 0.318 e. The Bertz CT molecular complexity index is 1550. The average Bonchev–Trinajstić information content (AvgIpc) is 3.92. The monoisotopic (exact) mass is 552 g/mol. The van der Waals surface area contributed by atoms with Gasteiger partial charge in [0.2, 0.25) is 0 Å². The molecule has 2 fully saturated rings. The number of benzene rings is 2. The molecule has 0 unspecified atom stereocenters. The Morgan fingerprint density at radius 1 is 1.10 bits per heavy atom. The molecule has 214 valence electrons. The van der Waals surface area contributed by atoms with Crippen molar-refractivity contribution in [1.29, 1.82) is 0 Å². The second kappa shape index (κ2) is 10.6. The summed E-state index contributed by atoms with van der Waals surface area (Å²) in [5.74, 6) is 3.14. The van der Waals surface area contributed by atoms with Crippen LogP contribution in [0.3, 0.4) is 0 Å². The number of rotatable bonds is 11. The molecule has 0 saturated heterocycles. The van der Waals surface area contributed by atoms with Gasteiger partial charge in [-0.15, -0.1) is 0 Å². The minimum atomic E-state index is 0.209. The average molecular weight is 553 g/mol. The molecule has 0 spiro atoms. The van der Waals surface area contributed by atoms with Crippen LogP contribution in [-0.2, 0) is 25.9 Å². The SMILES string of the molecule is CCc1cccc2cccc(N3CCc4c(nc(OCC5(CN(C)C)CC5)nc4NCc4nc(C5CC5)n[nH]4)C3)c12. The van der Waals surface area contributed by atoms with E-state index in [4.69, 9.17) is 19.7 Å². The summed E-state index contributed by atoms with van der Waals surface area (Å²) in [4.78, 5) is 19.3. The quantitative estimate of drug-likeness (QED) is 0.266. The number of hydrogen-bond acceptors (Lipinski definition) is 8. The van der Waals surface area contributed by atoms with E-state index < -0.39 is 0 Å². The summed E-state index contributed by atoms with van der Waals surface area (Å²) in [5.41, 5.74) is 5.06. The lowest BCUT2D eigenvalue weighted by Crippen LogP contribution is -2.33. The van der Waals surface area contributed by atoms with E-state index in [1.165, 1.54) is 53.3 Å². The molecule has 2 aliphatic carbocycles. The minimum absolute atomic E-state index is 0.209. The van der Waals surface area contributed by atoms with Gasteiger partial charge < -0.3 is 19.9 Å². The molecule has 41 heavy (non-hydrogen) atoms. The predicted octanol–water partition coefficient (Wildman–Crippen LogP) is 5.08. The maximum atomic E-state index is 6.34. The van der Waals surface area contributed by atoms with Gasteiger partial charge >= 0.3 is 6.01 Å². The van der Waals surface area contributed by atoms with Crippen LogP contribution in [0.25, 0.3) is 10.8 Å². The summed E-state index contributed by atoms with van der Waals surface area (Å²) in [5, 5.41) is 13.7. The van der Waals surface area contributed by atoms with E-state index in [0.29, 0.717) is 25.1 Å². The number of H-pyrrole nitrogens is 1. The Morgan fingerprint density at radius 3 is 2.68 bits per heavy atom. The van der Waals surface area contributed by atoms with Crippen LogP contribution in [0.1, 0.15) is 67.0 Å². The van der Waals surface area contributed by atoms with Crippen LogP contribution >= 0.6 is 0 Å². The number of nitrogens with zero attached hydrogens (tertiary/aromatic N) is 6. The van der Waals surface area contributed by atoms with Crippen molar-refractivity contribution >= 4 is 22.3 Å². The predicted molar refractivity (Wildman–Crippen MR) is 162 cm³/mol. The molecule has 9 nitrogen and oxygen atoms in total. The molecule has 2 aromatic carbocycles. The summed E-state index contributed by atoms with van der Waals surface area (Å²) in [6, 6.07) is 13.7. The van der Waals surface area contributed by atoms with Crippen molar-refractivity contribution in [2.75, 3.05) is 44.0 Å². The van der Waals surface area contributed by atoms with Crippen molar-refractivity contribution in [1.82, 2.24) is 30.0 Å². The van der Waals surface area contributed by atoms with Gasteiger partial charge in [0.15, 0.2) is 5.82 Å². The second-order valence-electron chi connectivity index (χ2n) is 12.4. The van der Waals surface area contributed by atoms with Gasteiger partial charge in [0.1, 0.15) is 11.6 Å². The molecule has 2 N–H and O–H groups in total. The molecule has 0 bridgehead atoms. The summed E-state index contributed by atoms with van der Waals surface area (Å²) in [7, 11) is 4.25. The second-order valence-corrected chi connectivity index (χ2v) is 12.4. The Labute approximate surface area is 241 Å². The lowest BCUT2D eigenvalue weighted by Gasteiger charge is -2.32. The molecule has 7 rings (SSSR count). The number of hydrogen-bond donors (Lipinski definition) is 2. The van der Waals surface area contributed by atoms with Crippen LogP contribution < -0.4 is 15.0 Å². The van der Waals surface area contributed by atoms with Gasteiger partial charge in [-0.25, -0.2) is 4.98 Å². The zero-order chi connectivity index (χ0) is 28.0. The number of ether oxygens (including phenoxy) is 1. The molecule has 0 atom stereocenters. The van der Waals surface area contributed by atoms with Gasteiger partial charge in [-0.3, -0.25) is 5.10 Å². The van der Waals surface area contributed by atoms with Gasteiger partial charge in [-0.2, -0.15) is 15.1 Å². The highest BCUT2D eigenvalue weighted by molar-refractivity contribution is 5.97. The fourth-order valence-corrected chi connectivity index (χ4v) is 6.27. The standard InChI is InChI=1S/C32H40N8O/c1-4-21-7-5-8-22-9-6-10-26(28(21)22)40-16-13-24-25(18-40)34-31(41-20-32(14-15-32)19-39(2)3)36-30(24)33-17-27-35-29(38-37-27)23-11-12-23/h5-10,23H,4,11-20H2,1-3H3,(H,33,34,36)(H,35,37,38). The van der Waals surface area contributed by atoms with Crippen molar-refractivity contribution in [3.63, 3.8) is 0 Å². The molecular formula is C32H40N8O. The molecular weight excluding hydrogens is 512 g/mol. The van der Waals surface area contributed by atoms with Crippen molar-refractivity contribution in [3.05, 3.63) is 64.9 Å².